The van der Waals surface area contributed by atoms with Crippen molar-refractivity contribution >= 4 is 8.24 Å². The van der Waals surface area contributed by atoms with Gasteiger partial charge in [-0.15, -0.1) is 0 Å². The Labute approximate surface area is 83.3 Å². The first-order valence-electron chi connectivity index (χ1n) is 5.23. The summed E-state index contributed by atoms with van der Waals surface area (Å²) in [6.45, 7) is 11.8. The van der Waals surface area contributed by atoms with Crippen LogP contribution in [-0.2, 0) is 0 Å². The van der Waals surface area contributed by atoms with Crippen LogP contribution in [0.15, 0.2) is 12.4 Å². The molecule has 0 aromatic heterocycles. The van der Waals surface area contributed by atoms with Gasteiger partial charge in [0, 0.05) is 18.9 Å². The molecule has 2 nitrogen and oxygen atoms in total. The first kappa shape index (κ1) is 10.6. The second-order valence-electron chi connectivity index (χ2n) is 4.75. The molecule has 0 aromatic rings. The van der Waals surface area contributed by atoms with Crippen molar-refractivity contribution in [1.82, 2.24) is 9.47 Å². The number of nitrogens with zero attached hydrogens (tertiary/aromatic N) is 2. The van der Waals surface area contributed by atoms with Gasteiger partial charge < -0.3 is 9.47 Å². The first-order chi connectivity index (χ1) is 6.04. The van der Waals surface area contributed by atoms with Crippen LogP contribution in [0.5, 0.6) is 0 Å². The number of rotatable bonds is 4. The molecule has 3 heteroatoms. The van der Waals surface area contributed by atoms with Crippen molar-refractivity contribution in [1.29, 1.82) is 0 Å². The highest BCUT2D eigenvalue weighted by Crippen LogP contribution is 2.16. The highest BCUT2D eigenvalue weighted by atomic mass is 28.3. The van der Waals surface area contributed by atoms with Crippen molar-refractivity contribution in [2.75, 3.05) is 13.2 Å². The van der Waals surface area contributed by atoms with Crippen LogP contribution < -0.4 is 0 Å². The first-order valence-corrected chi connectivity index (χ1v) is 8.68. The highest BCUT2D eigenvalue weighted by molar-refractivity contribution is 6.73. The van der Waals surface area contributed by atoms with E-state index in [1.807, 2.05) is 0 Å². The maximum absolute atomic E-state index is 2.52. The third-order valence-corrected chi connectivity index (χ3v) is 4.47. The van der Waals surface area contributed by atoms with E-state index in [4.69, 9.17) is 0 Å². The molecule has 0 N–H and O–H groups in total. The van der Waals surface area contributed by atoms with E-state index in [1.165, 1.54) is 19.4 Å². The molecule has 0 spiro atoms. The summed E-state index contributed by atoms with van der Waals surface area (Å²) in [5.41, 5.74) is 0. The molecular formula is C10H22N2Si. The van der Waals surface area contributed by atoms with E-state index >= 15 is 0 Å². The van der Waals surface area contributed by atoms with Crippen molar-refractivity contribution in [3.8, 4) is 0 Å². The second kappa shape index (κ2) is 4.18. The molecule has 0 aromatic carbocycles. The zero-order valence-electron chi connectivity index (χ0n) is 9.38. The van der Waals surface area contributed by atoms with Gasteiger partial charge in [0.15, 0.2) is 0 Å². The molecule has 0 saturated carbocycles. The van der Waals surface area contributed by atoms with Gasteiger partial charge in [-0.3, -0.25) is 0 Å². The predicted molar refractivity (Wildman–Crippen MR) is 60.8 cm³/mol. The fraction of sp³-hybridized carbons (Fsp3) is 0.800. The number of hydrogen-bond donors (Lipinski definition) is 0. The lowest BCUT2D eigenvalue weighted by molar-refractivity contribution is 0.327. The Balaban J connectivity index is 2.34. The van der Waals surface area contributed by atoms with Gasteiger partial charge in [-0.2, -0.15) is 0 Å². The fourth-order valence-electron chi connectivity index (χ4n) is 1.41. The summed E-state index contributed by atoms with van der Waals surface area (Å²) < 4.78 is 2.52. The zero-order valence-corrected chi connectivity index (χ0v) is 10.4. The second-order valence-corrected chi connectivity index (χ2v) is 9.66. The topological polar surface area (TPSA) is 6.48 Å². The third kappa shape index (κ3) is 3.07. The molecule has 0 atom stereocenters. The molecule has 0 radical (unpaired) electrons. The summed E-state index contributed by atoms with van der Waals surface area (Å²) >= 11 is 0. The Morgan fingerprint density at radius 2 is 1.92 bits per heavy atom. The van der Waals surface area contributed by atoms with Gasteiger partial charge in [-0.05, 0) is 6.42 Å². The summed E-state index contributed by atoms with van der Waals surface area (Å²) in [7, 11) is -1.10. The number of unbranched alkanes of at least 4 members (excludes halogenated alkanes) is 1. The van der Waals surface area contributed by atoms with Crippen molar-refractivity contribution in [3.63, 3.8) is 0 Å². The van der Waals surface area contributed by atoms with E-state index < -0.39 is 8.24 Å². The highest BCUT2D eigenvalue weighted by Gasteiger charge is 2.24. The minimum absolute atomic E-state index is 1.10. The van der Waals surface area contributed by atoms with Gasteiger partial charge in [0.25, 0.3) is 0 Å². The maximum atomic E-state index is 2.52. The SMILES string of the molecule is CCCCN1C=CN([Si](C)(C)C)C1. The van der Waals surface area contributed by atoms with Crippen LogP contribution in [0.3, 0.4) is 0 Å². The summed E-state index contributed by atoms with van der Waals surface area (Å²) in [6, 6.07) is 0. The van der Waals surface area contributed by atoms with E-state index in [1.54, 1.807) is 0 Å². The van der Waals surface area contributed by atoms with E-state index in [2.05, 4.69) is 48.4 Å². The normalized spacial score (nSPS) is 17.2. The Morgan fingerprint density at radius 3 is 2.38 bits per heavy atom. The van der Waals surface area contributed by atoms with Crippen molar-refractivity contribution in [3.05, 3.63) is 12.4 Å². The van der Waals surface area contributed by atoms with Crippen molar-refractivity contribution in [2.24, 2.45) is 0 Å². The molecule has 0 amide bonds. The van der Waals surface area contributed by atoms with Crippen LogP contribution >= 0.6 is 0 Å². The molecule has 0 fully saturated rings. The van der Waals surface area contributed by atoms with Crippen molar-refractivity contribution < 1.29 is 0 Å². The molecule has 0 aliphatic carbocycles. The summed E-state index contributed by atoms with van der Waals surface area (Å²) in [6.07, 6.45) is 7.11. The van der Waals surface area contributed by atoms with Gasteiger partial charge in [0.05, 0.1) is 6.67 Å². The van der Waals surface area contributed by atoms with E-state index in [-0.39, 0.29) is 0 Å². The van der Waals surface area contributed by atoms with Crippen LogP contribution in [-0.4, -0.2) is 30.9 Å². The molecule has 1 heterocycles. The molecular weight excluding hydrogens is 176 g/mol. The summed E-state index contributed by atoms with van der Waals surface area (Å²) in [5, 5.41) is 0. The Hall–Kier alpha value is -0.443. The van der Waals surface area contributed by atoms with E-state index in [9.17, 15) is 0 Å². The molecule has 0 saturated heterocycles. The molecule has 1 aliphatic heterocycles. The zero-order chi connectivity index (χ0) is 9.90. The molecule has 0 bridgehead atoms. The van der Waals surface area contributed by atoms with Gasteiger partial charge in [0.1, 0.15) is 8.24 Å². The predicted octanol–water partition coefficient (Wildman–Crippen LogP) is 2.67. The molecule has 13 heavy (non-hydrogen) atoms. The van der Waals surface area contributed by atoms with E-state index in [0.717, 1.165) is 6.67 Å². The van der Waals surface area contributed by atoms with Gasteiger partial charge in [0.2, 0.25) is 0 Å². The summed E-state index contributed by atoms with van der Waals surface area (Å²) in [5.74, 6) is 0. The largest absolute Gasteiger partial charge is 0.386 e. The van der Waals surface area contributed by atoms with Gasteiger partial charge in [-0.1, -0.05) is 33.0 Å². The van der Waals surface area contributed by atoms with Crippen LogP contribution in [0, 0.1) is 0 Å². The lowest BCUT2D eigenvalue weighted by Crippen LogP contribution is -2.43. The molecule has 76 valence electrons. The van der Waals surface area contributed by atoms with E-state index in [0.29, 0.717) is 0 Å². The minimum Gasteiger partial charge on any atom is -0.386 e. The Morgan fingerprint density at radius 1 is 1.23 bits per heavy atom. The molecule has 1 aliphatic rings. The Kier molecular flexibility index (Phi) is 3.42. The average molecular weight is 198 g/mol. The average Bonchev–Trinajstić information content (AvgIpc) is 2.47. The molecule has 0 unspecified atom stereocenters. The van der Waals surface area contributed by atoms with Crippen LogP contribution in [0.4, 0.5) is 0 Å². The lowest BCUT2D eigenvalue weighted by atomic mass is 10.3. The fourth-order valence-corrected chi connectivity index (χ4v) is 2.53. The Bertz CT molecular complexity index is 184. The van der Waals surface area contributed by atoms with Gasteiger partial charge >= 0.3 is 0 Å². The smallest absolute Gasteiger partial charge is 0.149 e. The van der Waals surface area contributed by atoms with Gasteiger partial charge in [-0.25, -0.2) is 0 Å². The quantitative estimate of drug-likeness (QED) is 0.641. The van der Waals surface area contributed by atoms with Crippen LogP contribution in [0.2, 0.25) is 19.6 Å². The maximum Gasteiger partial charge on any atom is 0.149 e. The standard InChI is InChI=1S/C10H22N2Si/c1-5-6-7-11-8-9-12(10-11)13(2,3)4/h8-9H,5-7,10H2,1-4H3. The third-order valence-electron chi connectivity index (χ3n) is 2.45. The minimum atomic E-state index is -1.10. The van der Waals surface area contributed by atoms with Crippen LogP contribution in [0.1, 0.15) is 19.8 Å². The van der Waals surface area contributed by atoms with Crippen LogP contribution in [0.25, 0.3) is 0 Å². The number of hydrogen-bond acceptors (Lipinski definition) is 2. The summed E-state index contributed by atoms with van der Waals surface area (Å²) in [4.78, 5) is 2.42. The lowest BCUT2D eigenvalue weighted by Gasteiger charge is -2.31. The van der Waals surface area contributed by atoms with Crippen molar-refractivity contribution in [2.45, 2.75) is 39.4 Å². The monoisotopic (exact) mass is 198 g/mol. The molecule has 1 rings (SSSR count).